The first-order valence-electron chi connectivity index (χ1n) is 6.33. The number of hydrogen-bond donors (Lipinski definition) is 2. The number of para-hydroxylation sites is 1. The van der Waals surface area contributed by atoms with E-state index in [0.29, 0.717) is 26.2 Å². The van der Waals surface area contributed by atoms with Crippen LogP contribution in [0.4, 0.5) is 0 Å². The molecular weight excluding hydrogens is 306 g/mol. The standard InChI is InChI=1S/C15H10ClN3O3/c16-10-5-6-13(20)9(7-10)8-17-19-14(21)11-3-1-2-4-12(11)18-15(19)22/h1-8,20H,(H,18,22)/b17-8+. The molecule has 110 valence electrons. The molecule has 0 aliphatic rings. The fourth-order valence-corrected chi connectivity index (χ4v) is 2.19. The second-order valence-corrected chi connectivity index (χ2v) is 4.98. The van der Waals surface area contributed by atoms with Crippen molar-refractivity contribution < 1.29 is 5.11 Å². The van der Waals surface area contributed by atoms with Crippen molar-refractivity contribution in [1.82, 2.24) is 9.66 Å². The van der Waals surface area contributed by atoms with Crippen molar-refractivity contribution in [3.05, 3.63) is 73.9 Å². The predicted molar refractivity (Wildman–Crippen MR) is 84.9 cm³/mol. The number of aromatic hydroxyl groups is 1. The molecule has 7 heteroatoms. The van der Waals surface area contributed by atoms with Gasteiger partial charge in [-0.15, -0.1) is 4.68 Å². The Morgan fingerprint density at radius 2 is 1.95 bits per heavy atom. The molecular formula is C15H10ClN3O3. The Balaban J connectivity index is 2.15. The van der Waals surface area contributed by atoms with Crippen molar-refractivity contribution in [3.8, 4) is 5.75 Å². The van der Waals surface area contributed by atoms with Gasteiger partial charge in [0.1, 0.15) is 5.75 Å². The van der Waals surface area contributed by atoms with Crippen molar-refractivity contribution in [3.63, 3.8) is 0 Å². The lowest BCUT2D eigenvalue weighted by molar-refractivity contribution is 0.474. The average Bonchev–Trinajstić information content (AvgIpc) is 2.50. The monoisotopic (exact) mass is 315 g/mol. The van der Waals surface area contributed by atoms with Crippen LogP contribution in [-0.2, 0) is 0 Å². The van der Waals surface area contributed by atoms with E-state index in [-0.39, 0.29) is 5.75 Å². The highest BCUT2D eigenvalue weighted by Crippen LogP contribution is 2.19. The number of aromatic amines is 1. The summed E-state index contributed by atoms with van der Waals surface area (Å²) in [5.41, 5.74) is -0.472. The van der Waals surface area contributed by atoms with Crippen molar-refractivity contribution in [2.75, 3.05) is 0 Å². The van der Waals surface area contributed by atoms with Gasteiger partial charge < -0.3 is 10.1 Å². The normalized spacial score (nSPS) is 11.3. The number of nitrogens with one attached hydrogen (secondary N) is 1. The maximum atomic E-state index is 12.3. The van der Waals surface area contributed by atoms with Crippen LogP contribution in [0.3, 0.4) is 0 Å². The van der Waals surface area contributed by atoms with Crippen LogP contribution < -0.4 is 11.2 Å². The molecule has 0 saturated carbocycles. The quantitative estimate of drug-likeness (QED) is 0.708. The first-order chi connectivity index (χ1) is 10.6. The number of aromatic nitrogens is 2. The second kappa shape index (κ2) is 5.50. The lowest BCUT2D eigenvalue weighted by atomic mass is 10.2. The van der Waals surface area contributed by atoms with Gasteiger partial charge in [-0.25, -0.2) is 4.79 Å². The number of phenols is 1. The van der Waals surface area contributed by atoms with E-state index in [4.69, 9.17) is 11.6 Å². The topological polar surface area (TPSA) is 87.5 Å². The molecule has 0 atom stereocenters. The van der Waals surface area contributed by atoms with Crippen LogP contribution in [0.1, 0.15) is 5.56 Å². The van der Waals surface area contributed by atoms with E-state index in [9.17, 15) is 14.7 Å². The molecule has 6 nitrogen and oxygen atoms in total. The number of hydrogen-bond acceptors (Lipinski definition) is 4. The Morgan fingerprint density at radius 3 is 2.77 bits per heavy atom. The summed E-state index contributed by atoms with van der Waals surface area (Å²) in [6.45, 7) is 0. The summed E-state index contributed by atoms with van der Waals surface area (Å²) in [4.78, 5) is 26.8. The van der Waals surface area contributed by atoms with Crippen LogP contribution in [0.2, 0.25) is 5.02 Å². The van der Waals surface area contributed by atoms with E-state index in [0.717, 1.165) is 0 Å². The summed E-state index contributed by atoms with van der Waals surface area (Å²) in [5, 5.41) is 14.3. The first-order valence-corrected chi connectivity index (χ1v) is 6.71. The third-order valence-electron chi connectivity index (χ3n) is 3.09. The zero-order valence-corrected chi connectivity index (χ0v) is 11.9. The number of phenolic OH excluding ortho intramolecular Hbond substituents is 1. The largest absolute Gasteiger partial charge is 0.507 e. The maximum Gasteiger partial charge on any atom is 0.349 e. The molecule has 3 rings (SSSR count). The molecule has 1 heterocycles. The van der Waals surface area contributed by atoms with Crippen LogP contribution in [0, 0.1) is 0 Å². The van der Waals surface area contributed by atoms with Crippen molar-refractivity contribution >= 4 is 28.7 Å². The second-order valence-electron chi connectivity index (χ2n) is 4.54. The Morgan fingerprint density at radius 1 is 1.18 bits per heavy atom. The average molecular weight is 316 g/mol. The lowest BCUT2D eigenvalue weighted by Crippen LogP contribution is -2.32. The molecule has 0 bridgehead atoms. The Hall–Kier alpha value is -2.86. The van der Waals surface area contributed by atoms with Crippen molar-refractivity contribution in [2.24, 2.45) is 5.10 Å². The first kappa shape index (κ1) is 14.1. The number of rotatable bonds is 2. The van der Waals surface area contributed by atoms with Gasteiger partial charge in [-0.1, -0.05) is 23.7 Å². The molecule has 0 fully saturated rings. The summed E-state index contributed by atoms with van der Waals surface area (Å²) < 4.78 is 0.697. The van der Waals surface area contributed by atoms with Gasteiger partial charge >= 0.3 is 5.69 Å². The minimum atomic E-state index is -0.665. The van der Waals surface area contributed by atoms with E-state index >= 15 is 0 Å². The molecule has 2 aromatic carbocycles. The number of fused-ring (bicyclic) bond motifs is 1. The van der Waals surface area contributed by atoms with Gasteiger partial charge in [0, 0.05) is 10.6 Å². The molecule has 22 heavy (non-hydrogen) atoms. The van der Waals surface area contributed by atoms with Crippen molar-refractivity contribution in [2.45, 2.75) is 0 Å². The van der Waals surface area contributed by atoms with Crippen LogP contribution in [-0.4, -0.2) is 21.0 Å². The zero-order valence-electron chi connectivity index (χ0n) is 11.2. The summed E-state index contributed by atoms with van der Waals surface area (Å²) in [5.74, 6) is -0.0570. The molecule has 3 aromatic rings. The van der Waals surface area contributed by atoms with Crippen LogP contribution in [0.15, 0.2) is 57.2 Å². The highest BCUT2D eigenvalue weighted by Gasteiger charge is 2.06. The number of benzene rings is 2. The molecule has 0 aliphatic carbocycles. The summed E-state index contributed by atoms with van der Waals surface area (Å²) >= 11 is 5.83. The fraction of sp³-hybridized carbons (Fsp3) is 0. The maximum absolute atomic E-state index is 12.3. The molecule has 0 aliphatic heterocycles. The molecule has 0 saturated heterocycles. The van der Waals surface area contributed by atoms with Crippen LogP contribution >= 0.6 is 11.6 Å². The van der Waals surface area contributed by atoms with E-state index in [1.165, 1.54) is 24.4 Å². The van der Waals surface area contributed by atoms with Gasteiger partial charge in [-0.3, -0.25) is 4.79 Å². The predicted octanol–water partition coefficient (Wildman–Crippen LogP) is 1.93. The minimum absolute atomic E-state index is 0.0570. The SMILES string of the molecule is O=c1[nH]c2ccccc2c(=O)n1/N=C/c1cc(Cl)ccc1O. The van der Waals surface area contributed by atoms with E-state index in [2.05, 4.69) is 10.1 Å². The van der Waals surface area contributed by atoms with Gasteiger partial charge in [0.2, 0.25) is 0 Å². The van der Waals surface area contributed by atoms with E-state index in [1.54, 1.807) is 24.3 Å². The van der Waals surface area contributed by atoms with E-state index < -0.39 is 11.2 Å². The number of halogens is 1. The highest BCUT2D eigenvalue weighted by molar-refractivity contribution is 6.30. The summed E-state index contributed by atoms with van der Waals surface area (Å²) in [6.07, 6.45) is 1.20. The smallest absolute Gasteiger partial charge is 0.349 e. The highest BCUT2D eigenvalue weighted by atomic mass is 35.5. The molecule has 0 radical (unpaired) electrons. The third kappa shape index (κ3) is 2.51. The zero-order chi connectivity index (χ0) is 15.7. The van der Waals surface area contributed by atoms with Crippen molar-refractivity contribution in [1.29, 1.82) is 0 Å². The van der Waals surface area contributed by atoms with Gasteiger partial charge in [0.05, 0.1) is 17.1 Å². The molecule has 1 aromatic heterocycles. The third-order valence-corrected chi connectivity index (χ3v) is 3.32. The molecule has 2 N–H and O–H groups in total. The van der Waals surface area contributed by atoms with Crippen LogP contribution in [0.25, 0.3) is 10.9 Å². The Bertz CT molecular complexity index is 1000. The van der Waals surface area contributed by atoms with Gasteiger partial charge in [-0.05, 0) is 30.3 Å². The molecule has 0 amide bonds. The summed E-state index contributed by atoms with van der Waals surface area (Å²) in [7, 11) is 0. The number of H-pyrrole nitrogens is 1. The van der Waals surface area contributed by atoms with Gasteiger partial charge in [0.25, 0.3) is 5.56 Å². The fourth-order valence-electron chi connectivity index (χ4n) is 2.01. The minimum Gasteiger partial charge on any atom is -0.507 e. The Kier molecular flexibility index (Phi) is 3.52. The van der Waals surface area contributed by atoms with E-state index in [1.807, 2.05) is 0 Å². The van der Waals surface area contributed by atoms with Gasteiger partial charge in [-0.2, -0.15) is 5.10 Å². The lowest BCUT2D eigenvalue weighted by Gasteiger charge is -2.01. The molecule has 0 spiro atoms. The summed E-state index contributed by atoms with van der Waals surface area (Å²) in [6, 6.07) is 11.0. The van der Waals surface area contributed by atoms with Gasteiger partial charge in [0.15, 0.2) is 0 Å². The Labute approximate surface area is 128 Å². The molecule has 0 unspecified atom stereocenters. The number of nitrogens with zero attached hydrogens (tertiary/aromatic N) is 2. The van der Waals surface area contributed by atoms with Crippen LogP contribution in [0.5, 0.6) is 5.75 Å².